The van der Waals surface area contributed by atoms with Gasteiger partial charge >= 0.3 is 0 Å². The van der Waals surface area contributed by atoms with E-state index in [4.69, 9.17) is 4.74 Å². The van der Waals surface area contributed by atoms with Gasteiger partial charge in [-0.3, -0.25) is 9.20 Å². The van der Waals surface area contributed by atoms with Crippen LogP contribution in [0.5, 0.6) is 5.88 Å². The summed E-state index contributed by atoms with van der Waals surface area (Å²) in [5, 5.41) is 2.94. The third-order valence-electron chi connectivity index (χ3n) is 3.50. The maximum absolute atomic E-state index is 13.9. The van der Waals surface area contributed by atoms with E-state index in [1.807, 2.05) is 0 Å². The zero-order valence-electron chi connectivity index (χ0n) is 12.2. The molecule has 118 valence electrons. The Kier molecular flexibility index (Phi) is 3.92. The number of aryl methyl sites for hydroxylation is 1. The van der Waals surface area contributed by atoms with Crippen molar-refractivity contribution in [2.24, 2.45) is 0 Å². The molecule has 2 heterocycles. The van der Waals surface area contributed by atoms with Crippen LogP contribution in [0.15, 0.2) is 36.7 Å². The molecule has 1 N–H and O–H groups in total. The number of anilines is 1. The molecule has 0 amide bonds. The van der Waals surface area contributed by atoms with Crippen LogP contribution in [-0.4, -0.2) is 15.9 Å². The van der Waals surface area contributed by atoms with Crippen molar-refractivity contribution in [3.63, 3.8) is 0 Å². The van der Waals surface area contributed by atoms with Crippen LogP contribution in [0, 0.1) is 18.6 Å². The standard InChI is InChI=1S/C16H13F2N3O2/c1-10-2-3-11(15(18)14(10)17)8-20-12-4-5-13-19-6-7-21(13)16(12)23-9-22/h2-7,9,20H,8H2,1H3. The van der Waals surface area contributed by atoms with Crippen molar-refractivity contribution in [3.8, 4) is 5.88 Å². The average Bonchev–Trinajstić information content (AvgIpc) is 3.02. The first-order chi connectivity index (χ1) is 11.1. The van der Waals surface area contributed by atoms with Gasteiger partial charge in [-0.15, -0.1) is 0 Å². The molecule has 3 aromatic rings. The highest BCUT2D eigenvalue weighted by molar-refractivity contribution is 5.63. The Balaban J connectivity index is 1.91. The number of carbonyl (C=O) groups excluding carboxylic acids is 1. The molecule has 0 saturated heterocycles. The van der Waals surface area contributed by atoms with Gasteiger partial charge in [0.15, 0.2) is 11.6 Å². The molecule has 0 atom stereocenters. The number of hydrogen-bond donors (Lipinski definition) is 1. The number of nitrogens with zero attached hydrogens (tertiary/aromatic N) is 2. The van der Waals surface area contributed by atoms with Gasteiger partial charge in [0.2, 0.25) is 5.88 Å². The Hall–Kier alpha value is -2.96. The first kappa shape index (κ1) is 15.0. The van der Waals surface area contributed by atoms with Crippen LogP contribution in [0.2, 0.25) is 0 Å². The molecule has 2 aromatic heterocycles. The lowest BCUT2D eigenvalue weighted by atomic mass is 10.1. The molecular weight excluding hydrogens is 304 g/mol. The smallest absolute Gasteiger partial charge is 0.299 e. The van der Waals surface area contributed by atoms with Gasteiger partial charge in [0.25, 0.3) is 6.47 Å². The van der Waals surface area contributed by atoms with Crippen LogP contribution in [0.4, 0.5) is 14.5 Å². The number of imidazole rings is 1. The third kappa shape index (κ3) is 2.73. The van der Waals surface area contributed by atoms with Crippen LogP contribution in [0.3, 0.4) is 0 Å². The number of aromatic nitrogens is 2. The van der Waals surface area contributed by atoms with Gasteiger partial charge in [0, 0.05) is 24.5 Å². The molecule has 0 aliphatic rings. The van der Waals surface area contributed by atoms with E-state index in [1.165, 1.54) is 19.1 Å². The lowest BCUT2D eigenvalue weighted by molar-refractivity contribution is -0.120. The van der Waals surface area contributed by atoms with E-state index in [0.717, 1.165) is 0 Å². The lowest BCUT2D eigenvalue weighted by Crippen LogP contribution is -2.07. The number of nitrogens with one attached hydrogen (secondary N) is 1. The molecule has 3 rings (SSSR count). The number of fused-ring (bicyclic) bond motifs is 1. The number of hydrogen-bond acceptors (Lipinski definition) is 4. The molecule has 0 aliphatic carbocycles. The summed E-state index contributed by atoms with van der Waals surface area (Å²) in [7, 11) is 0. The predicted molar refractivity (Wildman–Crippen MR) is 80.3 cm³/mol. The normalized spacial score (nSPS) is 10.7. The summed E-state index contributed by atoms with van der Waals surface area (Å²) >= 11 is 0. The van der Waals surface area contributed by atoms with E-state index >= 15 is 0 Å². The summed E-state index contributed by atoms with van der Waals surface area (Å²) in [4.78, 5) is 14.8. The second-order valence-corrected chi connectivity index (χ2v) is 4.94. The summed E-state index contributed by atoms with van der Waals surface area (Å²) in [5.41, 5.74) is 1.48. The van der Waals surface area contributed by atoms with Crippen molar-refractivity contribution in [1.29, 1.82) is 0 Å². The van der Waals surface area contributed by atoms with Crippen molar-refractivity contribution >= 4 is 17.8 Å². The fraction of sp³-hybridized carbons (Fsp3) is 0.125. The van der Waals surface area contributed by atoms with E-state index in [2.05, 4.69) is 10.3 Å². The van der Waals surface area contributed by atoms with Crippen LogP contribution in [0.1, 0.15) is 11.1 Å². The summed E-state index contributed by atoms with van der Waals surface area (Å²) in [6, 6.07) is 6.39. The summed E-state index contributed by atoms with van der Waals surface area (Å²) < 4.78 is 34.1. The maximum atomic E-state index is 13.9. The second kappa shape index (κ2) is 6.04. The van der Waals surface area contributed by atoms with Gasteiger partial charge in [-0.05, 0) is 24.6 Å². The first-order valence-electron chi connectivity index (χ1n) is 6.85. The minimum absolute atomic E-state index is 0.0401. The van der Waals surface area contributed by atoms with Crippen LogP contribution >= 0.6 is 0 Å². The molecular formula is C16H13F2N3O2. The zero-order chi connectivity index (χ0) is 16.4. The van der Waals surface area contributed by atoms with Gasteiger partial charge in [-0.25, -0.2) is 13.8 Å². The molecule has 0 unspecified atom stereocenters. The highest BCUT2D eigenvalue weighted by Crippen LogP contribution is 2.26. The van der Waals surface area contributed by atoms with Crippen molar-refractivity contribution in [3.05, 3.63) is 59.4 Å². The Morgan fingerprint density at radius 3 is 2.87 bits per heavy atom. The predicted octanol–water partition coefficient (Wildman–Crippen LogP) is 3.07. The Labute approximate surface area is 130 Å². The van der Waals surface area contributed by atoms with Gasteiger partial charge in [-0.1, -0.05) is 12.1 Å². The van der Waals surface area contributed by atoms with Crippen LogP contribution in [-0.2, 0) is 11.3 Å². The Morgan fingerprint density at radius 2 is 2.09 bits per heavy atom. The van der Waals surface area contributed by atoms with E-state index in [-0.39, 0.29) is 23.6 Å². The summed E-state index contributed by atoms with van der Waals surface area (Å²) in [6.07, 6.45) is 3.19. The molecule has 0 saturated carbocycles. The molecule has 23 heavy (non-hydrogen) atoms. The number of benzene rings is 1. The largest absolute Gasteiger partial charge is 0.409 e. The highest BCUT2D eigenvalue weighted by atomic mass is 19.2. The molecule has 0 spiro atoms. The average molecular weight is 317 g/mol. The van der Waals surface area contributed by atoms with Gasteiger partial charge in [-0.2, -0.15) is 0 Å². The molecule has 0 radical (unpaired) electrons. The minimum atomic E-state index is -0.890. The highest BCUT2D eigenvalue weighted by Gasteiger charge is 2.13. The minimum Gasteiger partial charge on any atom is -0.409 e. The summed E-state index contributed by atoms with van der Waals surface area (Å²) in [5.74, 6) is -1.53. The van der Waals surface area contributed by atoms with Crippen molar-refractivity contribution in [2.45, 2.75) is 13.5 Å². The van der Waals surface area contributed by atoms with Crippen molar-refractivity contribution in [2.75, 3.05) is 5.32 Å². The number of pyridine rings is 1. The number of carbonyl (C=O) groups is 1. The number of rotatable bonds is 5. The fourth-order valence-electron chi connectivity index (χ4n) is 2.28. The van der Waals surface area contributed by atoms with Crippen molar-refractivity contribution < 1.29 is 18.3 Å². The molecule has 5 nitrogen and oxygen atoms in total. The molecule has 0 aliphatic heterocycles. The van der Waals surface area contributed by atoms with E-state index < -0.39 is 11.6 Å². The van der Waals surface area contributed by atoms with E-state index in [1.54, 1.807) is 28.9 Å². The monoisotopic (exact) mass is 317 g/mol. The third-order valence-corrected chi connectivity index (χ3v) is 3.50. The maximum Gasteiger partial charge on any atom is 0.299 e. The Morgan fingerprint density at radius 1 is 1.26 bits per heavy atom. The van der Waals surface area contributed by atoms with Gasteiger partial charge < -0.3 is 10.1 Å². The Bertz CT molecular complexity index is 877. The van der Waals surface area contributed by atoms with Gasteiger partial charge in [0.1, 0.15) is 5.65 Å². The summed E-state index contributed by atoms with van der Waals surface area (Å²) in [6.45, 7) is 1.84. The second-order valence-electron chi connectivity index (χ2n) is 4.94. The topological polar surface area (TPSA) is 55.6 Å². The SMILES string of the molecule is Cc1ccc(CNc2ccc3nccn3c2OC=O)c(F)c1F. The van der Waals surface area contributed by atoms with Gasteiger partial charge in [0.05, 0.1) is 5.69 Å². The van der Waals surface area contributed by atoms with Crippen LogP contribution < -0.4 is 10.1 Å². The van der Waals surface area contributed by atoms with E-state index in [9.17, 15) is 13.6 Å². The molecule has 7 heteroatoms. The van der Waals surface area contributed by atoms with Crippen molar-refractivity contribution in [1.82, 2.24) is 9.38 Å². The first-order valence-corrected chi connectivity index (χ1v) is 6.85. The quantitative estimate of drug-likeness (QED) is 0.735. The fourth-order valence-corrected chi connectivity index (χ4v) is 2.28. The van der Waals surface area contributed by atoms with E-state index in [0.29, 0.717) is 17.8 Å². The number of halogens is 2. The number of ether oxygens (including phenoxy) is 1. The molecule has 1 aromatic carbocycles. The lowest BCUT2D eigenvalue weighted by Gasteiger charge is -2.13. The molecule has 0 fully saturated rings. The van der Waals surface area contributed by atoms with Crippen LogP contribution in [0.25, 0.3) is 5.65 Å². The molecule has 0 bridgehead atoms. The zero-order valence-corrected chi connectivity index (χ0v) is 12.2.